The first-order valence-corrected chi connectivity index (χ1v) is 6.07. The van der Waals surface area contributed by atoms with Crippen LogP contribution in [0.15, 0.2) is 0 Å². The summed E-state index contributed by atoms with van der Waals surface area (Å²) in [5, 5.41) is 0. The Hall–Kier alpha value is 1.42. The zero-order chi connectivity index (χ0) is 8.20. The van der Waals surface area contributed by atoms with Gasteiger partial charge in [-0.3, -0.25) is 0 Å². The van der Waals surface area contributed by atoms with E-state index >= 15 is 0 Å². The van der Waals surface area contributed by atoms with Crippen LogP contribution in [0.3, 0.4) is 0 Å². The molecule has 1 atom stereocenters. The van der Waals surface area contributed by atoms with Crippen molar-refractivity contribution in [2.75, 3.05) is 0 Å². The van der Waals surface area contributed by atoms with Gasteiger partial charge in [0.05, 0.1) is 0 Å². The monoisotopic (exact) mass is 262 g/mol. The summed E-state index contributed by atoms with van der Waals surface area (Å²) in [6.45, 7) is 12.4. The Morgan fingerprint density at radius 2 is 1.75 bits per heavy atom. The first-order valence-electron chi connectivity index (χ1n) is 3.96. The van der Waals surface area contributed by atoms with Crippen LogP contribution in [0.1, 0.15) is 27.7 Å². The molecule has 0 aliphatic rings. The van der Waals surface area contributed by atoms with Crippen molar-refractivity contribution in [1.82, 2.24) is 0 Å². The maximum Gasteiger partial charge on any atom is 2.00 e. The van der Waals surface area contributed by atoms with E-state index in [9.17, 15) is 0 Å². The average Bonchev–Trinajstić information content (AvgIpc) is 1.81. The van der Waals surface area contributed by atoms with Crippen molar-refractivity contribution in [3.05, 3.63) is 6.92 Å². The first kappa shape index (κ1) is 19.1. The quantitative estimate of drug-likeness (QED) is 0.469. The van der Waals surface area contributed by atoms with Crippen LogP contribution in [0.4, 0.5) is 0 Å². The van der Waals surface area contributed by atoms with Gasteiger partial charge in [-0.15, -0.1) is 0 Å². The van der Waals surface area contributed by atoms with Crippen molar-refractivity contribution in [1.29, 1.82) is 0 Å². The second-order valence-corrected chi connectivity index (χ2v) is 6.42. The molecule has 1 nitrogen and oxygen atoms in total. The Labute approximate surface area is 105 Å². The third-order valence-corrected chi connectivity index (χ3v) is 3.89. The fourth-order valence-electron chi connectivity index (χ4n) is 0.846. The molecule has 0 N–H and O–H groups in total. The van der Waals surface area contributed by atoms with E-state index in [0.717, 1.165) is 6.04 Å². The molecule has 0 aliphatic carbocycles. The predicted octanol–water partition coefficient (Wildman–Crippen LogP) is -0.998. The fourth-order valence-corrected chi connectivity index (χ4v) is 2.54. The van der Waals surface area contributed by atoms with E-state index in [-0.39, 0.29) is 45.6 Å². The molecule has 0 aromatic heterocycles. The Morgan fingerprint density at radius 1 is 1.33 bits per heavy atom. The van der Waals surface area contributed by atoms with Gasteiger partial charge < -0.3 is 28.3 Å². The minimum atomic E-state index is -0.928. The molecule has 0 spiro atoms. The van der Waals surface area contributed by atoms with Gasteiger partial charge in [-0.05, 0) is 26.8 Å². The summed E-state index contributed by atoms with van der Waals surface area (Å²) in [4.78, 5) is 0. The first-order chi connectivity index (χ1) is 4.49. The summed E-state index contributed by atoms with van der Waals surface area (Å²) < 4.78 is 5.81. The van der Waals surface area contributed by atoms with Gasteiger partial charge in [-0.1, -0.05) is 6.92 Å². The number of hydrogen-bond donors (Lipinski definition) is 0. The normalized spacial score (nSPS) is 12.8. The number of hydrogen-bond acceptors (Lipinski definition) is 1. The third kappa shape index (κ3) is 11.4. The summed E-state index contributed by atoms with van der Waals surface area (Å²) in [6.07, 6.45) is 0. The van der Waals surface area contributed by atoms with Crippen molar-refractivity contribution in [3.8, 4) is 0 Å². The van der Waals surface area contributed by atoms with Crippen LogP contribution in [0.2, 0.25) is 12.1 Å². The standard InChI is InChI=1S/C8H19OSi.BrH.Mg/c1-6-10(7-2)9-8(3,4)5;;/h10H,1,6-7H2,2-5H3;1H;/q-1;;+2/p-1. The molecule has 0 aromatic rings. The molecule has 12 heavy (non-hydrogen) atoms. The number of rotatable bonds is 3. The van der Waals surface area contributed by atoms with E-state index in [1.54, 1.807) is 0 Å². The molecule has 0 saturated carbocycles. The summed E-state index contributed by atoms with van der Waals surface area (Å²) >= 11 is 0. The summed E-state index contributed by atoms with van der Waals surface area (Å²) in [5.41, 5.74) is 0.0462. The topological polar surface area (TPSA) is 9.23 Å². The van der Waals surface area contributed by atoms with Crippen LogP contribution in [-0.2, 0) is 4.43 Å². The largest absolute Gasteiger partial charge is 2.00 e. The summed E-state index contributed by atoms with van der Waals surface area (Å²) in [7, 11) is -0.928. The van der Waals surface area contributed by atoms with Crippen LogP contribution in [-0.4, -0.2) is 37.7 Å². The van der Waals surface area contributed by atoms with E-state index in [4.69, 9.17) is 4.43 Å². The fraction of sp³-hybridized carbons (Fsp3) is 0.875. The molecule has 0 radical (unpaired) electrons. The SMILES string of the molecule is [Br-].[CH2-]C[SiH](CC)OC(C)(C)C.[Mg+2]. The van der Waals surface area contributed by atoms with Gasteiger partial charge in [-0.25, -0.2) is 0 Å². The zero-order valence-corrected chi connectivity index (χ0v) is 12.8. The van der Waals surface area contributed by atoms with Crippen LogP contribution < -0.4 is 17.0 Å². The Balaban J connectivity index is -0.000000405. The van der Waals surface area contributed by atoms with Gasteiger partial charge in [0.1, 0.15) is 9.04 Å². The van der Waals surface area contributed by atoms with Gasteiger partial charge in [0.2, 0.25) is 0 Å². The van der Waals surface area contributed by atoms with Crippen LogP contribution in [0, 0.1) is 6.92 Å². The van der Waals surface area contributed by atoms with Crippen LogP contribution in [0.25, 0.3) is 0 Å². The van der Waals surface area contributed by atoms with Gasteiger partial charge >= 0.3 is 23.1 Å². The van der Waals surface area contributed by atoms with E-state index in [2.05, 4.69) is 34.6 Å². The van der Waals surface area contributed by atoms with Crippen molar-refractivity contribution >= 4 is 32.1 Å². The second-order valence-electron chi connectivity index (χ2n) is 3.55. The molecule has 0 amide bonds. The maximum absolute atomic E-state index is 5.81. The second kappa shape index (κ2) is 9.00. The van der Waals surface area contributed by atoms with Crippen LogP contribution >= 0.6 is 0 Å². The summed E-state index contributed by atoms with van der Waals surface area (Å²) in [5.74, 6) is 0. The van der Waals surface area contributed by atoms with Gasteiger partial charge in [0.15, 0.2) is 0 Å². The number of halogens is 1. The Morgan fingerprint density at radius 3 is 1.83 bits per heavy atom. The van der Waals surface area contributed by atoms with Gasteiger partial charge in [0.25, 0.3) is 0 Å². The summed E-state index contributed by atoms with van der Waals surface area (Å²) in [6, 6.07) is 2.20. The Kier molecular flexibility index (Phi) is 14.3. The van der Waals surface area contributed by atoms with Crippen LogP contribution in [0.5, 0.6) is 0 Å². The van der Waals surface area contributed by atoms with Gasteiger partial charge in [0, 0.05) is 5.60 Å². The molecule has 1 unspecified atom stereocenters. The van der Waals surface area contributed by atoms with E-state index in [0.29, 0.717) is 0 Å². The third-order valence-electron chi connectivity index (χ3n) is 1.30. The van der Waals surface area contributed by atoms with Crippen molar-refractivity contribution in [2.45, 2.75) is 45.4 Å². The van der Waals surface area contributed by atoms with E-state index < -0.39 is 9.04 Å². The van der Waals surface area contributed by atoms with E-state index in [1.165, 1.54) is 6.04 Å². The zero-order valence-electron chi connectivity index (χ0n) is 8.69. The molecular formula is C8H19BrMgOSi. The van der Waals surface area contributed by atoms with Gasteiger partial charge in [-0.2, -0.15) is 6.04 Å². The molecule has 4 heteroatoms. The average molecular weight is 264 g/mol. The molecule has 0 heterocycles. The smallest absolute Gasteiger partial charge is 1.00 e. The molecule has 0 rings (SSSR count). The molecule has 0 saturated heterocycles. The van der Waals surface area contributed by atoms with E-state index in [1.807, 2.05) is 0 Å². The van der Waals surface area contributed by atoms with Crippen molar-refractivity contribution < 1.29 is 21.4 Å². The minimum Gasteiger partial charge on any atom is -1.00 e. The molecular weight excluding hydrogens is 244 g/mol. The predicted molar refractivity (Wildman–Crippen MR) is 54.4 cm³/mol. The minimum absolute atomic E-state index is 0. The molecule has 0 bridgehead atoms. The molecule has 0 aromatic carbocycles. The molecule has 70 valence electrons. The molecule has 0 aliphatic heterocycles. The van der Waals surface area contributed by atoms with Crippen molar-refractivity contribution in [3.63, 3.8) is 0 Å². The van der Waals surface area contributed by atoms with Crippen molar-refractivity contribution in [2.24, 2.45) is 0 Å². The Bertz CT molecular complexity index is 91.5. The molecule has 0 fully saturated rings. The maximum atomic E-state index is 5.81.